The third kappa shape index (κ3) is 4.77. The third-order valence-electron chi connectivity index (χ3n) is 3.95. The Morgan fingerprint density at radius 2 is 2.05 bits per heavy atom. The molecule has 0 radical (unpaired) electrons. The zero-order valence-electron chi connectivity index (χ0n) is 12.4. The molecule has 1 atom stereocenters. The van der Waals surface area contributed by atoms with E-state index in [9.17, 15) is 4.39 Å². The van der Waals surface area contributed by atoms with Gasteiger partial charge in [0.15, 0.2) is 0 Å². The van der Waals surface area contributed by atoms with Crippen LogP contribution in [0.2, 0.25) is 5.02 Å². The van der Waals surface area contributed by atoms with Crippen LogP contribution < -0.4 is 5.32 Å². The first-order valence-corrected chi connectivity index (χ1v) is 7.41. The van der Waals surface area contributed by atoms with Gasteiger partial charge in [0, 0.05) is 11.6 Å². The fraction of sp³-hybridized carbons (Fsp3) is 0.625. The van der Waals surface area contributed by atoms with E-state index in [1.54, 1.807) is 12.1 Å². The van der Waals surface area contributed by atoms with Crippen LogP contribution in [0.25, 0.3) is 0 Å². The molecular weight excluding hydrogens is 261 g/mol. The number of nitrogens with one attached hydrogen (secondary N) is 1. The molecule has 3 heteroatoms. The Bertz CT molecular complexity index is 406. The first kappa shape index (κ1) is 16.5. The van der Waals surface area contributed by atoms with E-state index < -0.39 is 0 Å². The smallest absolute Gasteiger partial charge is 0.126 e. The minimum Gasteiger partial charge on any atom is -0.316 e. The van der Waals surface area contributed by atoms with Gasteiger partial charge in [0.2, 0.25) is 0 Å². The van der Waals surface area contributed by atoms with Crippen molar-refractivity contribution in [3.05, 3.63) is 34.6 Å². The van der Waals surface area contributed by atoms with E-state index in [0.29, 0.717) is 22.9 Å². The van der Waals surface area contributed by atoms with Gasteiger partial charge in [-0.3, -0.25) is 0 Å². The minimum atomic E-state index is -0.160. The molecular formula is C16H25ClFN. The lowest BCUT2D eigenvalue weighted by Gasteiger charge is -2.34. The van der Waals surface area contributed by atoms with Gasteiger partial charge in [-0.15, -0.1) is 0 Å². The number of rotatable bonds is 7. The van der Waals surface area contributed by atoms with E-state index >= 15 is 0 Å². The fourth-order valence-electron chi connectivity index (χ4n) is 2.14. The highest BCUT2D eigenvalue weighted by atomic mass is 35.5. The van der Waals surface area contributed by atoms with Gasteiger partial charge in [-0.1, -0.05) is 39.3 Å². The van der Waals surface area contributed by atoms with Crippen LogP contribution in [0.15, 0.2) is 18.2 Å². The lowest BCUT2D eigenvalue weighted by Crippen LogP contribution is -2.38. The number of benzene rings is 1. The number of halogens is 2. The summed E-state index contributed by atoms with van der Waals surface area (Å²) >= 11 is 5.97. The van der Waals surface area contributed by atoms with Gasteiger partial charge >= 0.3 is 0 Å². The molecule has 0 fully saturated rings. The van der Waals surface area contributed by atoms with Crippen LogP contribution in [0.4, 0.5) is 4.39 Å². The average Bonchev–Trinajstić information content (AvgIpc) is 2.34. The molecule has 19 heavy (non-hydrogen) atoms. The van der Waals surface area contributed by atoms with E-state index in [1.165, 1.54) is 6.07 Å². The summed E-state index contributed by atoms with van der Waals surface area (Å²) in [7, 11) is 0. The van der Waals surface area contributed by atoms with E-state index in [2.05, 4.69) is 33.0 Å². The van der Waals surface area contributed by atoms with E-state index in [4.69, 9.17) is 11.6 Å². The second kappa shape index (κ2) is 7.25. The normalized spacial score (nSPS) is 14.7. The first-order valence-electron chi connectivity index (χ1n) is 7.03. The molecule has 1 nitrogen and oxygen atoms in total. The molecule has 0 bridgehead atoms. The molecule has 0 amide bonds. The molecule has 0 saturated carbocycles. The Balaban J connectivity index is 2.85. The standard InChI is InChI=1S/C16H25ClFN/c1-5-8-19-11-16(4,12(2)3)10-13-9-14(17)6-7-15(13)18/h6-7,9,12,19H,5,8,10-11H2,1-4H3. The Morgan fingerprint density at radius 1 is 1.37 bits per heavy atom. The molecule has 108 valence electrons. The van der Waals surface area contributed by atoms with Gasteiger partial charge in [-0.25, -0.2) is 4.39 Å². The summed E-state index contributed by atoms with van der Waals surface area (Å²) in [5, 5.41) is 4.06. The van der Waals surface area contributed by atoms with Crippen LogP contribution in [-0.2, 0) is 6.42 Å². The molecule has 1 rings (SSSR count). The zero-order chi connectivity index (χ0) is 14.5. The monoisotopic (exact) mass is 285 g/mol. The van der Waals surface area contributed by atoms with Crippen molar-refractivity contribution in [2.75, 3.05) is 13.1 Å². The maximum Gasteiger partial charge on any atom is 0.126 e. The van der Waals surface area contributed by atoms with Crippen molar-refractivity contribution in [1.29, 1.82) is 0 Å². The molecule has 0 aliphatic carbocycles. The largest absolute Gasteiger partial charge is 0.316 e. The van der Waals surface area contributed by atoms with Crippen LogP contribution in [0.5, 0.6) is 0 Å². The summed E-state index contributed by atoms with van der Waals surface area (Å²) in [5.74, 6) is 0.307. The molecule has 0 aromatic heterocycles. The van der Waals surface area contributed by atoms with Crippen molar-refractivity contribution < 1.29 is 4.39 Å². The second-order valence-electron chi connectivity index (χ2n) is 5.90. The molecule has 1 aromatic carbocycles. The Hall–Kier alpha value is -0.600. The summed E-state index contributed by atoms with van der Waals surface area (Å²) in [4.78, 5) is 0. The lowest BCUT2D eigenvalue weighted by atomic mass is 9.74. The SMILES string of the molecule is CCCNCC(C)(Cc1cc(Cl)ccc1F)C(C)C. The molecule has 1 N–H and O–H groups in total. The highest BCUT2D eigenvalue weighted by Gasteiger charge is 2.29. The predicted octanol–water partition coefficient (Wildman–Crippen LogP) is 4.68. The first-order chi connectivity index (χ1) is 8.89. The van der Waals surface area contributed by atoms with E-state index in [1.807, 2.05) is 0 Å². The molecule has 0 heterocycles. The summed E-state index contributed by atoms with van der Waals surface area (Å²) < 4.78 is 13.9. The van der Waals surface area contributed by atoms with Crippen molar-refractivity contribution in [2.24, 2.45) is 11.3 Å². The topological polar surface area (TPSA) is 12.0 Å². The van der Waals surface area contributed by atoms with Crippen molar-refractivity contribution in [3.63, 3.8) is 0 Å². The van der Waals surface area contributed by atoms with Crippen LogP contribution in [-0.4, -0.2) is 13.1 Å². The van der Waals surface area contributed by atoms with Gasteiger partial charge < -0.3 is 5.32 Å². The van der Waals surface area contributed by atoms with Crippen LogP contribution in [0.3, 0.4) is 0 Å². The predicted molar refractivity (Wildman–Crippen MR) is 81.2 cm³/mol. The summed E-state index contributed by atoms with van der Waals surface area (Å²) in [5.41, 5.74) is 0.739. The van der Waals surface area contributed by atoms with Gasteiger partial charge in [-0.2, -0.15) is 0 Å². The van der Waals surface area contributed by atoms with Crippen molar-refractivity contribution >= 4 is 11.6 Å². The lowest BCUT2D eigenvalue weighted by molar-refractivity contribution is 0.205. The third-order valence-corrected chi connectivity index (χ3v) is 4.19. The molecule has 0 aliphatic heterocycles. The Kier molecular flexibility index (Phi) is 6.28. The van der Waals surface area contributed by atoms with E-state index in [-0.39, 0.29) is 11.2 Å². The highest BCUT2D eigenvalue weighted by molar-refractivity contribution is 6.30. The summed E-state index contributed by atoms with van der Waals surface area (Å²) in [6.07, 6.45) is 1.81. The van der Waals surface area contributed by atoms with Gasteiger partial charge in [-0.05, 0) is 54.5 Å². The quantitative estimate of drug-likeness (QED) is 0.717. The molecule has 1 aromatic rings. The van der Waals surface area contributed by atoms with Crippen molar-refractivity contribution in [2.45, 2.75) is 40.5 Å². The fourth-order valence-corrected chi connectivity index (χ4v) is 2.33. The average molecular weight is 286 g/mol. The highest BCUT2D eigenvalue weighted by Crippen LogP contribution is 2.32. The number of hydrogen-bond donors (Lipinski definition) is 1. The maximum atomic E-state index is 13.9. The van der Waals surface area contributed by atoms with Crippen LogP contribution in [0.1, 0.15) is 39.7 Å². The number of hydrogen-bond acceptors (Lipinski definition) is 1. The maximum absolute atomic E-state index is 13.9. The molecule has 0 aliphatic rings. The van der Waals surface area contributed by atoms with Crippen molar-refractivity contribution in [3.8, 4) is 0 Å². The van der Waals surface area contributed by atoms with Crippen molar-refractivity contribution in [1.82, 2.24) is 5.32 Å². The Labute approximate surface area is 121 Å². The van der Waals surface area contributed by atoms with Gasteiger partial charge in [0.1, 0.15) is 5.82 Å². The van der Waals surface area contributed by atoms with E-state index in [0.717, 1.165) is 19.5 Å². The van der Waals surface area contributed by atoms with Crippen LogP contribution >= 0.6 is 11.6 Å². The van der Waals surface area contributed by atoms with Gasteiger partial charge in [0.25, 0.3) is 0 Å². The summed E-state index contributed by atoms with van der Waals surface area (Å²) in [6.45, 7) is 10.6. The van der Waals surface area contributed by atoms with Crippen LogP contribution in [0, 0.1) is 17.2 Å². The summed E-state index contributed by atoms with van der Waals surface area (Å²) in [6, 6.07) is 4.80. The Morgan fingerprint density at radius 3 is 2.63 bits per heavy atom. The zero-order valence-corrected chi connectivity index (χ0v) is 13.1. The minimum absolute atomic E-state index is 0.0285. The van der Waals surface area contributed by atoms with Gasteiger partial charge in [0.05, 0.1) is 0 Å². The molecule has 1 unspecified atom stereocenters. The molecule has 0 spiro atoms. The molecule has 0 saturated heterocycles. The second-order valence-corrected chi connectivity index (χ2v) is 6.33.